The predicted octanol–water partition coefficient (Wildman–Crippen LogP) is 4.27. The molecule has 3 N–H and O–H groups in total. The monoisotopic (exact) mass is 467 g/mol. The van der Waals surface area contributed by atoms with Gasteiger partial charge in [0.05, 0.1) is 10.6 Å². The maximum absolute atomic E-state index is 12.4. The molecule has 0 aliphatic rings. The molecule has 0 bridgehead atoms. The van der Waals surface area contributed by atoms with Gasteiger partial charge in [-0.1, -0.05) is 41.9 Å². The summed E-state index contributed by atoms with van der Waals surface area (Å²) in [7, 11) is 0. The van der Waals surface area contributed by atoms with Crippen molar-refractivity contribution in [2.24, 2.45) is 0 Å². The molecule has 3 aromatic rings. The third kappa shape index (κ3) is 4.04. The Balaban J connectivity index is 1.62. The molecular formula is C17H11BrClN3O2S2. The van der Waals surface area contributed by atoms with Crippen molar-refractivity contribution in [2.75, 3.05) is 0 Å². The Kier molecular flexibility index (Phi) is 5.87. The number of thiocarbonyl (C=S) groups is 1. The fraction of sp³-hybridized carbons (Fsp3) is 0. The molecule has 0 spiro atoms. The first-order valence-corrected chi connectivity index (χ1v) is 9.70. The number of rotatable bonds is 2. The van der Waals surface area contributed by atoms with E-state index in [-0.39, 0.29) is 5.11 Å². The molecule has 0 aliphatic heterocycles. The van der Waals surface area contributed by atoms with Crippen LogP contribution < -0.4 is 16.2 Å². The number of hydrogen-bond acceptors (Lipinski definition) is 4. The first kappa shape index (κ1) is 18.8. The number of benzene rings is 2. The largest absolute Gasteiger partial charge is 0.297 e. The van der Waals surface area contributed by atoms with Gasteiger partial charge in [0.15, 0.2) is 5.11 Å². The summed E-state index contributed by atoms with van der Waals surface area (Å²) in [4.78, 5) is 24.8. The van der Waals surface area contributed by atoms with Crippen molar-refractivity contribution < 1.29 is 9.59 Å². The van der Waals surface area contributed by atoms with Crippen molar-refractivity contribution in [3.63, 3.8) is 0 Å². The van der Waals surface area contributed by atoms with Crippen LogP contribution >= 0.6 is 51.1 Å². The second kappa shape index (κ2) is 8.13. The lowest BCUT2D eigenvalue weighted by Crippen LogP contribution is -2.48. The molecule has 3 rings (SSSR count). The molecule has 1 heterocycles. The number of hydrogen-bond donors (Lipinski definition) is 3. The summed E-state index contributed by atoms with van der Waals surface area (Å²) in [5.41, 5.74) is 5.37. The number of carbonyl (C=O) groups is 2. The molecule has 0 aliphatic carbocycles. The van der Waals surface area contributed by atoms with Crippen molar-refractivity contribution in [3.05, 3.63) is 68.5 Å². The molecule has 5 nitrogen and oxygen atoms in total. The van der Waals surface area contributed by atoms with Gasteiger partial charge in [-0.3, -0.25) is 25.8 Å². The van der Waals surface area contributed by atoms with Crippen LogP contribution in [0.1, 0.15) is 20.0 Å². The average molecular weight is 469 g/mol. The third-order valence-electron chi connectivity index (χ3n) is 3.38. The minimum Gasteiger partial charge on any atom is -0.297 e. The maximum Gasteiger partial charge on any atom is 0.270 e. The van der Waals surface area contributed by atoms with Gasteiger partial charge in [0.1, 0.15) is 4.88 Å². The van der Waals surface area contributed by atoms with E-state index in [1.807, 2.05) is 24.3 Å². The van der Waals surface area contributed by atoms with Crippen LogP contribution in [0.5, 0.6) is 0 Å². The number of nitrogens with one attached hydrogen (secondary N) is 3. The van der Waals surface area contributed by atoms with Crippen molar-refractivity contribution >= 4 is 78.1 Å². The summed E-state index contributed by atoms with van der Waals surface area (Å²) < 4.78 is 1.55. The van der Waals surface area contributed by atoms with Crippen molar-refractivity contribution in [2.45, 2.75) is 0 Å². The van der Waals surface area contributed by atoms with Crippen molar-refractivity contribution in [1.82, 2.24) is 16.2 Å². The molecule has 0 atom stereocenters. The van der Waals surface area contributed by atoms with Gasteiger partial charge in [-0.05, 0) is 46.3 Å². The third-order valence-corrected chi connectivity index (χ3v) is 5.95. The molecule has 1 aromatic heterocycles. The molecule has 0 saturated carbocycles. The lowest BCUT2D eigenvalue weighted by atomic mass is 10.2. The molecule has 0 fully saturated rings. The Labute approximate surface area is 171 Å². The van der Waals surface area contributed by atoms with Gasteiger partial charge < -0.3 is 0 Å². The van der Waals surface area contributed by atoms with Crippen molar-refractivity contribution in [1.29, 1.82) is 0 Å². The Morgan fingerprint density at radius 3 is 2.42 bits per heavy atom. The first-order chi connectivity index (χ1) is 12.5. The van der Waals surface area contributed by atoms with Gasteiger partial charge in [-0.25, -0.2) is 0 Å². The first-order valence-electron chi connectivity index (χ1n) is 7.30. The summed E-state index contributed by atoms with van der Waals surface area (Å²) in [5.74, 6) is -0.835. The maximum atomic E-state index is 12.4. The Morgan fingerprint density at radius 1 is 1.00 bits per heavy atom. The summed E-state index contributed by atoms with van der Waals surface area (Å²) in [6.45, 7) is 0. The van der Waals surface area contributed by atoms with E-state index < -0.39 is 11.8 Å². The highest BCUT2D eigenvalue weighted by molar-refractivity contribution is 9.10. The minimum absolute atomic E-state index is 0.0380. The number of fused-ring (bicyclic) bond motifs is 1. The van der Waals surface area contributed by atoms with Gasteiger partial charge in [-0.2, -0.15) is 0 Å². The van der Waals surface area contributed by atoms with E-state index in [1.165, 1.54) is 11.3 Å². The smallest absolute Gasteiger partial charge is 0.270 e. The zero-order chi connectivity index (χ0) is 18.7. The zero-order valence-corrected chi connectivity index (χ0v) is 17.0. The number of carbonyl (C=O) groups excluding carboxylic acids is 2. The summed E-state index contributed by atoms with van der Waals surface area (Å²) in [6, 6.07) is 14.4. The van der Waals surface area contributed by atoms with E-state index in [2.05, 4.69) is 32.1 Å². The molecule has 26 heavy (non-hydrogen) atoms. The highest BCUT2D eigenvalue weighted by Gasteiger charge is 2.18. The summed E-state index contributed by atoms with van der Waals surface area (Å²) in [5, 5.41) is 3.65. The fourth-order valence-corrected chi connectivity index (χ4v) is 4.20. The molecule has 0 saturated heterocycles. The normalized spacial score (nSPS) is 10.4. The number of hydrazine groups is 1. The quantitative estimate of drug-likeness (QED) is 0.388. The Morgan fingerprint density at radius 2 is 1.69 bits per heavy atom. The van der Waals surface area contributed by atoms with E-state index in [4.69, 9.17) is 23.8 Å². The molecule has 9 heteroatoms. The van der Waals surface area contributed by atoms with Crippen LogP contribution in [0.3, 0.4) is 0 Å². The van der Waals surface area contributed by atoms with Crippen LogP contribution in [-0.2, 0) is 0 Å². The van der Waals surface area contributed by atoms with Gasteiger partial charge in [0, 0.05) is 14.6 Å². The minimum atomic E-state index is -0.441. The van der Waals surface area contributed by atoms with Crippen molar-refractivity contribution in [3.8, 4) is 0 Å². The summed E-state index contributed by atoms with van der Waals surface area (Å²) >= 11 is 15.9. The Hall–Kier alpha value is -2.00. The van der Waals surface area contributed by atoms with Crippen LogP contribution in [0.2, 0.25) is 5.02 Å². The topological polar surface area (TPSA) is 70.2 Å². The van der Waals surface area contributed by atoms with Crippen LogP contribution in [0.15, 0.2) is 53.0 Å². The number of amides is 2. The van der Waals surface area contributed by atoms with Crippen LogP contribution in [0, 0.1) is 0 Å². The van der Waals surface area contributed by atoms with Gasteiger partial charge in [0.2, 0.25) is 0 Å². The molecule has 0 unspecified atom stereocenters. The highest BCUT2D eigenvalue weighted by Crippen LogP contribution is 2.34. The lowest BCUT2D eigenvalue weighted by molar-refractivity contribution is 0.0934. The van der Waals surface area contributed by atoms with E-state index in [1.54, 1.807) is 24.3 Å². The lowest BCUT2D eigenvalue weighted by Gasteiger charge is -2.11. The SMILES string of the molecule is O=C(NNC(=S)NC(=O)c1sc2ccccc2c1Cl)c1ccccc1Br. The van der Waals surface area contributed by atoms with E-state index in [9.17, 15) is 9.59 Å². The zero-order valence-electron chi connectivity index (χ0n) is 13.0. The van der Waals surface area contributed by atoms with E-state index >= 15 is 0 Å². The van der Waals surface area contributed by atoms with Crippen LogP contribution in [0.25, 0.3) is 10.1 Å². The molecule has 2 amide bonds. The molecule has 0 radical (unpaired) electrons. The molecular weight excluding hydrogens is 458 g/mol. The second-order valence-corrected chi connectivity index (χ2v) is 7.78. The van der Waals surface area contributed by atoms with Gasteiger partial charge in [-0.15, -0.1) is 11.3 Å². The number of halogens is 2. The Bertz CT molecular complexity index is 1020. The van der Waals surface area contributed by atoms with Crippen LogP contribution in [-0.4, -0.2) is 16.9 Å². The van der Waals surface area contributed by atoms with Crippen LogP contribution in [0.4, 0.5) is 0 Å². The van der Waals surface area contributed by atoms with E-state index in [0.717, 1.165) is 10.1 Å². The highest BCUT2D eigenvalue weighted by atomic mass is 79.9. The second-order valence-electron chi connectivity index (χ2n) is 5.08. The average Bonchev–Trinajstić information content (AvgIpc) is 2.97. The van der Waals surface area contributed by atoms with Gasteiger partial charge >= 0.3 is 0 Å². The molecule has 2 aromatic carbocycles. The number of thiophene rings is 1. The molecule has 132 valence electrons. The summed E-state index contributed by atoms with van der Waals surface area (Å²) in [6.07, 6.45) is 0. The predicted molar refractivity (Wildman–Crippen MR) is 112 cm³/mol. The fourth-order valence-electron chi connectivity index (χ4n) is 2.18. The van der Waals surface area contributed by atoms with E-state index in [0.29, 0.717) is 19.9 Å². The standard InChI is InChI=1S/C17H11BrClN3O2S2/c18-11-7-3-1-5-9(11)15(23)21-22-17(25)20-16(24)14-13(19)10-6-2-4-8-12(10)26-14/h1-8H,(H,21,23)(H2,20,22,24,25). The van der Waals surface area contributed by atoms with Gasteiger partial charge in [0.25, 0.3) is 11.8 Å².